The van der Waals surface area contributed by atoms with Crippen molar-refractivity contribution < 1.29 is 5.11 Å². The summed E-state index contributed by atoms with van der Waals surface area (Å²) in [4.78, 5) is 2.45. The van der Waals surface area contributed by atoms with Gasteiger partial charge in [0, 0.05) is 18.5 Å². The number of hydrogen-bond donors (Lipinski definition) is 1. The second-order valence-electron chi connectivity index (χ2n) is 5.05. The van der Waals surface area contributed by atoms with Crippen LogP contribution in [0.25, 0.3) is 0 Å². The summed E-state index contributed by atoms with van der Waals surface area (Å²) in [5, 5.41) is 10.3. The standard InChI is InChI=1S/C11H21NO/c1-11(13)7-8-12(2)10-6-4-3-5-9(10)11/h9-10,13H,3-8H2,1-2H3/t9-,10-,11+/m1/s1. The first-order chi connectivity index (χ1) is 6.11. The van der Waals surface area contributed by atoms with E-state index in [4.69, 9.17) is 0 Å². The lowest BCUT2D eigenvalue weighted by molar-refractivity contribution is -0.0958. The van der Waals surface area contributed by atoms with E-state index in [-0.39, 0.29) is 0 Å². The molecule has 0 spiro atoms. The third kappa shape index (κ3) is 1.62. The Hall–Kier alpha value is -0.0800. The van der Waals surface area contributed by atoms with Gasteiger partial charge in [-0.15, -0.1) is 0 Å². The number of aliphatic hydroxyl groups is 1. The number of rotatable bonds is 0. The molecule has 1 aliphatic carbocycles. The normalized spacial score (nSPS) is 47.3. The van der Waals surface area contributed by atoms with Gasteiger partial charge in [0.05, 0.1) is 5.60 Å². The molecular formula is C11H21NO. The van der Waals surface area contributed by atoms with E-state index in [1.54, 1.807) is 0 Å². The highest BCUT2D eigenvalue weighted by Gasteiger charge is 2.43. The van der Waals surface area contributed by atoms with Crippen LogP contribution in [0.4, 0.5) is 0 Å². The van der Waals surface area contributed by atoms with E-state index in [9.17, 15) is 5.11 Å². The first-order valence-corrected chi connectivity index (χ1v) is 5.54. The molecule has 3 atom stereocenters. The average molecular weight is 183 g/mol. The van der Waals surface area contributed by atoms with Crippen LogP contribution in [-0.4, -0.2) is 35.2 Å². The van der Waals surface area contributed by atoms with Gasteiger partial charge in [0.15, 0.2) is 0 Å². The van der Waals surface area contributed by atoms with Crippen LogP contribution in [0.2, 0.25) is 0 Å². The Balaban J connectivity index is 2.14. The Labute approximate surface area is 80.9 Å². The molecule has 1 heterocycles. The topological polar surface area (TPSA) is 23.5 Å². The lowest BCUT2D eigenvalue weighted by Crippen LogP contribution is -2.56. The molecule has 0 aromatic carbocycles. The van der Waals surface area contributed by atoms with Crippen molar-refractivity contribution >= 4 is 0 Å². The van der Waals surface area contributed by atoms with Crippen molar-refractivity contribution in [3.63, 3.8) is 0 Å². The highest BCUT2D eigenvalue weighted by molar-refractivity contribution is 4.97. The third-order valence-electron chi connectivity index (χ3n) is 4.07. The van der Waals surface area contributed by atoms with Crippen LogP contribution in [0.15, 0.2) is 0 Å². The van der Waals surface area contributed by atoms with Gasteiger partial charge in [-0.3, -0.25) is 0 Å². The largest absolute Gasteiger partial charge is 0.390 e. The fourth-order valence-corrected chi connectivity index (χ4v) is 3.12. The maximum Gasteiger partial charge on any atom is 0.0674 e. The highest BCUT2D eigenvalue weighted by atomic mass is 16.3. The molecule has 0 aromatic heterocycles. The second kappa shape index (κ2) is 3.25. The summed E-state index contributed by atoms with van der Waals surface area (Å²) in [6.07, 6.45) is 6.12. The zero-order chi connectivity index (χ0) is 9.47. The number of likely N-dealkylation sites (tertiary alicyclic amines) is 1. The second-order valence-corrected chi connectivity index (χ2v) is 5.05. The van der Waals surface area contributed by atoms with Crippen molar-refractivity contribution in [3.8, 4) is 0 Å². The molecular weight excluding hydrogens is 162 g/mol. The molecule has 2 nitrogen and oxygen atoms in total. The molecule has 2 rings (SSSR count). The fraction of sp³-hybridized carbons (Fsp3) is 1.00. The maximum absolute atomic E-state index is 10.3. The first kappa shape index (κ1) is 9.47. The molecule has 1 saturated heterocycles. The molecule has 2 fully saturated rings. The number of hydrogen-bond acceptors (Lipinski definition) is 2. The van der Waals surface area contributed by atoms with E-state index in [0.29, 0.717) is 12.0 Å². The first-order valence-electron chi connectivity index (χ1n) is 5.54. The van der Waals surface area contributed by atoms with Crippen LogP contribution < -0.4 is 0 Å². The molecule has 2 heteroatoms. The molecule has 0 amide bonds. The number of fused-ring (bicyclic) bond motifs is 1. The van der Waals surface area contributed by atoms with Gasteiger partial charge in [0.1, 0.15) is 0 Å². The van der Waals surface area contributed by atoms with E-state index in [1.807, 2.05) is 6.92 Å². The summed E-state index contributed by atoms with van der Waals surface area (Å²) >= 11 is 0. The Morgan fingerprint density at radius 1 is 1.31 bits per heavy atom. The van der Waals surface area contributed by atoms with Crippen LogP contribution in [-0.2, 0) is 0 Å². The van der Waals surface area contributed by atoms with Crippen molar-refractivity contribution in [2.24, 2.45) is 5.92 Å². The molecule has 0 radical (unpaired) electrons. The van der Waals surface area contributed by atoms with E-state index >= 15 is 0 Å². The van der Waals surface area contributed by atoms with Crippen molar-refractivity contribution in [3.05, 3.63) is 0 Å². The number of nitrogens with zero attached hydrogens (tertiary/aromatic N) is 1. The molecule has 0 aromatic rings. The average Bonchev–Trinajstić information content (AvgIpc) is 2.13. The summed E-state index contributed by atoms with van der Waals surface area (Å²) in [5.74, 6) is 0.528. The number of piperidine rings is 1. The molecule has 76 valence electrons. The van der Waals surface area contributed by atoms with Gasteiger partial charge in [0.25, 0.3) is 0 Å². The van der Waals surface area contributed by atoms with Gasteiger partial charge in [0.2, 0.25) is 0 Å². The van der Waals surface area contributed by atoms with Crippen molar-refractivity contribution in [2.75, 3.05) is 13.6 Å². The Kier molecular flexibility index (Phi) is 2.37. The van der Waals surface area contributed by atoms with Crippen LogP contribution in [0.3, 0.4) is 0 Å². The predicted molar refractivity (Wildman–Crippen MR) is 53.6 cm³/mol. The zero-order valence-corrected chi connectivity index (χ0v) is 8.79. The lowest BCUT2D eigenvalue weighted by atomic mass is 9.70. The monoisotopic (exact) mass is 183 g/mol. The van der Waals surface area contributed by atoms with Crippen LogP contribution in [0.1, 0.15) is 39.0 Å². The summed E-state index contributed by atoms with van der Waals surface area (Å²) in [5.41, 5.74) is -0.391. The summed E-state index contributed by atoms with van der Waals surface area (Å²) in [6, 6.07) is 0.650. The van der Waals surface area contributed by atoms with Gasteiger partial charge in [-0.25, -0.2) is 0 Å². The molecule has 1 aliphatic heterocycles. The predicted octanol–water partition coefficient (Wildman–Crippen LogP) is 1.63. The van der Waals surface area contributed by atoms with Crippen molar-refractivity contribution in [1.29, 1.82) is 0 Å². The molecule has 13 heavy (non-hydrogen) atoms. The Morgan fingerprint density at radius 3 is 2.69 bits per heavy atom. The minimum atomic E-state index is -0.391. The van der Waals surface area contributed by atoms with Gasteiger partial charge in [-0.2, -0.15) is 0 Å². The van der Waals surface area contributed by atoms with E-state index < -0.39 is 5.60 Å². The highest BCUT2D eigenvalue weighted by Crippen LogP contribution is 2.40. The van der Waals surface area contributed by atoms with Gasteiger partial charge in [-0.1, -0.05) is 12.8 Å². The van der Waals surface area contributed by atoms with Crippen LogP contribution in [0.5, 0.6) is 0 Å². The Bertz CT molecular complexity index is 191. The molecule has 0 unspecified atom stereocenters. The third-order valence-corrected chi connectivity index (χ3v) is 4.07. The molecule has 2 aliphatic rings. The van der Waals surface area contributed by atoms with Gasteiger partial charge < -0.3 is 10.0 Å². The summed E-state index contributed by atoms with van der Waals surface area (Å²) < 4.78 is 0. The quantitative estimate of drug-likeness (QED) is 0.617. The molecule has 0 bridgehead atoms. The van der Waals surface area contributed by atoms with Crippen LogP contribution >= 0.6 is 0 Å². The minimum absolute atomic E-state index is 0.391. The van der Waals surface area contributed by atoms with Gasteiger partial charge in [-0.05, 0) is 33.2 Å². The molecule has 1 N–H and O–H groups in total. The molecule has 1 saturated carbocycles. The Morgan fingerprint density at radius 2 is 2.00 bits per heavy atom. The zero-order valence-electron chi connectivity index (χ0n) is 8.79. The SMILES string of the molecule is CN1CC[C@](C)(O)[C@@H]2CCCC[C@H]21. The smallest absolute Gasteiger partial charge is 0.0674 e. The fourth-order valence-electron chi connectivity index (χ4n) is 3.12. The lowest BCUT2D eigenvalue weighted by Gasteiger charge is -2.50. The van der Waals surface area contributed by atoms with E-state index in [1.165, 1.54) is 25.7 Å². The summed E-state index contributed by atoms with van der Waals surface area (Å²) in [7, 11) is 2.21. The summed E-state index contributed by atoms with van der Waals surface area (Å²) in [6.45, 7) is 3.09. The van der Waals surface area contributed by atoms with Crippen molar-refractivity contribution in [2.45, 2.75) is 50.7 Å². The van der Waals surface area contributed by atoms with E-state index in [2.05, 4.69) is 11.9 Å². The van der Waals surface area contributed by atoms with Crippen LogP contribution in [0, 0.1) is 5.92 Å². The van der Waals surface area contributed by atoms with Crippen molar-refractivity contribution in [1.82, 2.24) is 4.90 Å². The maximum atomic E-state index is 10.3. The van der Waals surface area contributed by atoms with E-state index in [0.717, 1.165) is 13.0 Å². The van der Waals surface area contributed by atoms with Gasteiger partial charge >= 0.3 is 0 Å². The minimum Gasteiger partial charge on any atom is -0.390 e.